The molecule has 1 aliphatic rings. The van der Waals surface area contributed by atoms with E-state index in [-0.39, 0.29) is 11.5 Å². The summed E-state index contributed by atoms with van der Waals surface area (Å²) < 4.78 is 6.93. The zero-order valence-corrected chi connectivity index (χ0v) is 16.0. The Hall–Kier alpha value is -3.35. The minimum atomic E-state index is -0.122. The van der Waals surface area contributed by atoms with E-state index in [0.717, 1.165) is 11.0 Å². The van der Waals surface area contributed by atoms with Crippen LogP contribution in [0.1, 0.15) is 10.4 Å². The summed E-state index contributed by atoms with van der Waals surface area (Å²) in [5.74, 6) is 0.946. The highest BCUT2D eigenvalue weighted by molar-refractivity contribution is 5.97. The van der Waals surface area contributed by atoms with Crippen molar-refractivity contribution in [3.63, 3.8) is 0 Å². The first-order chi connectivity index (χ1) is 13.6. The third-order valence-corrected chi connectivity index (χ3v) is 5.17. The molecule has 0 spiro atoms. The number of rotatable bonds is 3. The summed E-state index contributed by atoms with van der Waals surface area (Å²) in [5.41, 5.74) is 2.02. The molecule has 1 amide bonds. The lowest BCUT2D eigenvalue weighted by Crippen LogP contribution is -2.50. The van der Waals surface area contributed by atoms with Gasteiger partial charge in [0.1, 0.15) is 5.75 Å². The number of amides is 1. The second kappa shape index (κ2) is 7.34. The number of carbonyl (C=O) groups is 1. The zero-order valence-electron chi connectivity index (χ0n) is 16.0. The highest BCUT2D eigenvalue weighted by Crippen LogP contribution is 2.21. The normalized spacial score (nSPS) is 14.4. The molecule has 3 aromatic rings. The number of piperazine rings is 1. The van der Waals surface area contributed by atoms with Gasteiger partial charge in [0.05, 0.1) is 23.7 Å². The Morgan fingerprint density at radius 3 is 2.43 bits per heavy atom. The predicted octanol–water partition coefficient (Wildman–Crippen LogP) is 1.90. The number of methoxy groups -OCH3 is 1. The number of ether oxygens (including phenoxy) is 1. The van der Waals surface area contributed by atoms with Crippen LogP contribution in [0.5, 0.6) is 5.75 Å². The second-order valence-electron chi connectivity index (χ2n) is 6.77. The third-order valence-electron chi connectivity index (χ3n) is 5.17. The summed E-state index contributed by atoms with van der Waals surface area (Å²) in [6, 6.07) is 14.8. The van der Waals surface area contributed by atoms with E-state index in [0.29, 0.717) is 43.3 Å². The minimum absolute atomic E-state index is 0.0588. The number of hydrogen-bond donors (Lipinski definition) is 0. The van der Waals surface area contributed by atoms with Crippen molar-refractivity contribution in [2.45, 2.75) is 0 Å². The summed E-state index contributed by atoms with van der Waals surface area (Å²) in [6.07, 6.45) is 0. The van der Waals surface area contributed by atoms with Gasteiger partial charge in [-0.25, -0.2) is 4.98 Å². The lowest BCUT2D eigenvalue weighted by molar-refractivity contribution is 0.0743. The highest BCUT2D eigenvalue weighted by Gasteiger charge is 2.26. The molecule has 0 unspecified atom stereocenters. The van der Waals surface area contributed by atoms with E-state index >= 15 is 0 Å². The Balaban J connectivity index is 1.55. The number of fused-ring (bicyclic) bond motifs is 1. The molecule has 1 aliphatic heterocycles. The van der Waals surface area contributed by atoms with Crippen LogP contribution in [0.25, 0.3) is 11.0 Å². The maximum Gasteiger partial charge on any atom is 0.293 e. The molecule has 1 aromatic heterocycles. The van der Waals surface area contributed by atoms with Gasteiger partial charge in [-0.1, -0.05) is 24.3 Å². The van der Waals surface area contributed by atoms with Crippen LogP contribution in [0.15, 0.2) is 53.3 Å². The number of benzene rings is 2. The minimum Gasteiger partial charge on any atom is -0.496 e. The molecule has 0 saturated carbocycles. The van der Waals surface area contributed by atoms with Crippen LogP contribution in [-0.2, 0) is 7.05 Å². The van der Waals surface area contributed by atoms with E-state index in [9.17, 15) is 9.59 Å². The average Bonchev–Trinajstić information content (AvgIpc) is 2.76. The van der Waals surface area contributed by atoms with Crippen LogP contribution >= 0.6 is 0 Å². The number of nitrogens with zero attached hydrogens (tertiary/aromatic N) is 4. The first kappa shape index (κ1) is 18.0. The fraction of sp³-hybridized carbons (Fsp3) is 0.286. The number of para-hydroxylation sites is 3. The van der Waals surface area contributed by atoms with Crippen molar-refractivity contribution < 1.29 is 9.53 Å². The fourth-order valence-electron chi connectivity index (χ4n) is 3.58. The van der Waals surface area contributed by atoms with E-state index in [1.165, 1.54) is 0 Å². The summed E-state index contributed by atoms with van der Waals surface area (Å²) in [4.78, 5) is 34.0. The van der Waals surface area contributed by atoms with Crippen LogP contribution in [0.4, 0.5) is 5.82 Å². The molecule has 28 heavy (non-hydrogen) atoms. The molecule has 144 valence electrons. The van der Waals surface area contributed by atoms with Gasteiger partial charge < -0.3 is 19.1 Å². The Kier molecular flexibility index (Phi) is 4.73. The molecular weight excluding hydrogens is 356 g/mol. The van der Waals surface area contributed by atoms with Crippen LogP contribution < -0.4 is 15.2 Å². The molecule has 2 heterocycles. The van der Waals surface area contributed by atoms with E-state index in [1.807, 2.05) is 41.3 Å². The van der Waals surface area contributed by atoms with Gasteiger partial charge in [0, 0.05) is 33.2 Å². The van der Waals surface area contributed by atoms with Crippen LogP contribution in [-0.4, -0.2) is 53.6 Å². The molecule has 7 nitrogen and oxygen atoms in total. The standard InChI is InChI=1S/C21H22N4O3/c1-23-17-9-5-4-8-16(17)22-19(21(23)27)24-11-13-25(14-12-24)20(26)15-7-3-6-10-18(15)28-2/h3-10H,11-14H2,1-2H3. The first-order valence-electron chi connectivity index (χ1n) is 9.23. The lowest BCUT2D eigenvalue weighted by atomic mass is 10.1. The van der Waals surface area contributed by atoms with Crippen molar-refractivity contribution in [3.8, 4) is 5.75 Å². The van der Waals surface area contributed by atoms with E-state index < -0.39 is 0 Å². The van der Waals surface area contributed by atoms with Gasteiger partial charge >= 0.3 is 0 Å². The van der Waals surface area contributed by atoms with Gasteiger partial charge in [0.25, 0.3) is 11.5 Å². The molecule has 2 aromatic carbocycles. The molecule has 1 saturated heterocycles. The molecule has 0 bridgehead atoms. The molecule has 0 atom stereocenters. The van der Waals surface area contributed by atoms with Gasteiger partial charge in [-0.05, 0) is 24.3 Å². The number of aromatic nitrogens is 2. The van der Waals surface area contributed by atoms with Crippen molar-refractivity contribution in [2.24, 2.45) is 7.05 Å². The smallest absolute Gasteiger partial charge is 0.293 e. The van der Waals surface area contributed by atoms with Crippen molar-refractivity contribution in [1.29, 1.82) is 0 Å². The van der Waals surface area contributed by atoms with Crippen molar-refractivity contribution in [1.82, 2.24) is 14.5 Å². The Labute approximate surface area is 162 Å². The first-order valence-corrected chi connectivity index (χ1v) is 9.23. The molecule has 1 fully saturated rings. The Bertz CT molecular complexity index is 1080. The monoisotopic (exact) mass is 378 g/mol. The maximum atomic E-state index is 12.9. The molecule has 0 aliphatic carbocycles. The summed E-state index contributed by atoms with van der Waals surface area (Å²) in [7, 11) is 3.32. The van der Waals surface area contributed by atoms with E-state index in [2.05, 4.69) is 4.98 Å². The number of hydrogen-bond acceptors (Lipinski definition) is 5. The average molecular weight is 378 g/mol. The zero-order chi connectivity index (χ0) is 19.7. The van der Waals surface area contributed by atoms with E-state index in [1.54, 1.807) is 35.8 Å². The van der Waals surface area contributed by atoms with Crippen molar-refractivity contribution >= 4 is 22.8 Å². The number of anilines is 1. The lowest BCUT2D eigenvalue weighted by Gasteiger charge is -2.35. The maximum absolute atomic E-state index is 12.9. The number of carbonyl (C=O) groups excluding carboxylic acids is 1. The largest absolute Gasteiger partial charge is 0.496 e. The molecule has 7 heteroatoms. The predicted molar refractivity (Wildman–Crippen MR) is 108 cm³/mol. The van der Waals surface area contributed by atoms with Crippen molar-refractivity contribution in [3.05, 3.63) is 64.4 Å². The van der Waals surface area contributed by atoms with Gasteiger partial charge in [0.2, 0.25) is 0 Å². The SMILES string of the molecule is COc1ccccc1C(=O)N1CCN(c2nc3ccccc3n(C)c2=O)CC1. The van der Waals surface area contributed by atoms with Gasteiger partial charge in [-0.3, -0.25) is 9.59 Å². The quantitative estimate of drug-likeness (QED) is 0.696. The molecule has 0 radical (unpaired) electrons. The highest BCUT2D eigenvalue weighted by atomic mass is 16.5. The second-order valence-corrected chi connectivity index (χ2v) is 6.77. The van der Waals surface area contributed by atoms with Crippen LogP contribution in [0.2, 0.25) is 0 Å². The third kappa shape index (κ3) is 3.09. The van der Waals surface area contributed by atoms with Gasteiger partial charge in [-0.15, -0.1) is 0 Å². The topological polar surface area (TPSA) is 67.7 Å². The van der Waals surface area contributed by atoms with Crippen LogP contribution in [0, 0.1) is 0 Å². The molecule has 0 N–H and O–H groups in total. The number of aryl methyl sites for hydroxylation is 1. The Morgan fingerprint density at radius 2 is 1.68 bits per heavy atom. The molecule has 4 rings (SSSR count). The fourth-order valence-corrected chi connectivity index (χ4v) is 3.58. The van der Waals surface area contributed by atoms with Crippen LogP contribution in [0.3, 0.4) is 0 Å². The summed E-state index contributed by atoms with van der Waals surface area (Å²) in [5, 5.41) is 0. The van der Waals surface area contributed by atoms with Crippen molar-refractivity contribution in [2.75, 3.05) is 38.2 Å². The Morgan fingerprint density at radius 1 is 1.00 bits per heavy atom. The van der Waals surface area contributed by atoms with E-state index in [4.69, 9.17) is 4.74 Å². The van der Waals surface area contributed by atoms with Gasteiger partial charge in [0.15, 0.2) is 5.82 Å². The molecular formula is C21H22N4O3. The van der Waals surface area contributed by atoms with Gasteiger partial charge in [-0.2, -0.15) is 0 Å². The summed E-state index contributed by atoms with van der Waals surface area (Å²) >= 11 is 0. The summed E-state index contributed by atoms with van der Waals surface area (Å²) in [6.45, 7) is 2.16.